The maximum atomic E-state index is 9.83. The van der Waals surface area contributed by atoms with E-state index in [0.717, 1.165) is 11.5 Å². The highest BCUT2D eigenvalue weighted by molar-refractivity contribution is 5.45. The van der Waals surface area contributed by atoms with Gasteiger partial charge in [-0.3, -0.25) is 4.79 Å². The van der Waals surface area contributed by atoms with Crippen molar-refractivity contribution in [2.75, 3.05) is 0 Å². The number of nitrogens with one attached hydrogen (secondary N) is 2. The molecule has 0 aliphatic heterocycles. The molecule has 54 valence electrons. The molecule has 0 aliphatic carbocycles. The standard InChI is InChI=1S/C6H9N3O/c1-5-2-8-6(9-5)3-7-4-10/h2,4H,3H2,1H3,(H,7,10)(H,8,9). The monoisotopic (exact) mass is 139 g/mol. The van der Waals surface area contributed by atoms with Crippen LogP contribution in [0.2, 0.25) is 0 Å². The Morgan fingerprint density at radius 3 is 3.20 bits per heavy atom. The Balaban J connectivity index is 2.49. The molecule has 0 aromatic carbocycles. The molecular weight excluding hydrogens is 130 g/mol. The third-order valence-electron chi connectivity index (χ3n) is 1.11. The molecule has 4 nitrogen and oxygen atoms in total. The van der Waals surface area contributed by atoms with E-state index in [0.29, 0.717) is 13.0 Å². The molecule has 0 saturated carbocycles. The first-order valence-electron chi connectivity index (χ1n) is 3.00. The molecule has 0 fully saturated rings. The van der Waals surface area contributed by atoms with Crippen LogP contribution in [0.15, 0.2) is 6.20 Å². The van der Waals surface area contributed by atoms with Crippen molar-refractivity contribution in [2.24, 2.45) is 0 Å². The van der Waals surface area contributed by atoms with E-state index < -0.39 is 0 Å². The first-order chi connectivity index (χ1) is 4.83. The molecule has 0 unspecified atom stereocenters. The van der Waals surface area contributed by atoms with Crippen LogP contribution in [0.4, 0.5) is 0 Å². The van der Waals surface area contributed by atoms with Gasteiger partial charge < -0.3 is 10.3 Å². The summed E-state index contributed by atoms with van der Waals surface area (Å²) in [7, 11) is 0. The Kier molecular flexibility index (Phi) is 2.04. The van der Waals surface area contributed by atoms with Gasteiger partial charge in [-0.05, 0) is 6.92 Å². The van der Waals surface area contributed by atoms with Crippen molar-refractivity contribution >= 4 is 6.41 Å². The topological polar surface area (TPSA) is 57.8 Å². The van der Waals surface area contributed by atoms with E-state index in [1.807, 2.05) is 6.92 Å². The third-order valence-corrected chi connectivity index (χ3v) is 1.11. The number of amides is 1. The van der Waals surface area contributed by atoms with Gasteiger partial charge in [0.05, 0.1) is 6.54 Å². The highest BCUT2D eigenvalue weighted by atomic mass is 16.1. The predicted molar refractivity (Wildman–Crippen MR) is 36.2 cm³/mol. The molecular formula is C6H9N3O. The lowest BCUT2D eigenvalue weighted by Gasteiger charge is -1.91. The van der Waals surface area contributed by atoms with Gasteiger partial charge in [0.1, 0.15) is 5.82 Å². The fourth-order valence-electron chi connectivity index (χ4n) is 0.695. The van der Waals surface area contributed by atoms with Crippen LogP contribution in [0.25, 0.3) is 0 Å². The highest BCUT2D eigenvalue weighted by Crippen LogP contribution is 1.92. The average Bonchev–Trinajstić information content (AvgIpc) is 2.31. The first kappa shape index (κ1) is 6.80. The number of hydrogen-bond donors (Lipinski definition) is 2. The van der Waals surface area contributed by atoms with Crippen molar-refractivity contribution in [3.05, 3.63) is 17.7 Å². The van der Waals surface area contributed by atoms with Crippen LogP contribution in [-0.4, -0.2) is 16.4 Å². The molecule has 0 saturated heterocycles. The zero-order chi connectivity index (χ0) is 7.40. The molecule has 10 heavy (non-hydrogen) atoms. The highest BCUT2D eigenvalue weighted by Gasteiger charge is 1.93. The van der Waals surface area contributed by atoms with Crippen LogP contribution < -0.4 is 5.32 Å². The summed E-state index contributed by atoms with van der Waals surface area (Å²) in [5.74, 6) is 0.782. The molecule has 2 N–H and O–H groups in total. The van der Waals surface area contributed by atoms with E-state index in [1.165, 1.54) is 0 Å². The van der Waals surface area contributed by atoms with Gasteiger partial charge in [0.25, 0.3) is 0 Å². The fourth-order valence-corrected chi connectivity index (χ4v) is 0.695. The number of aromatic nitrogens is 2. The number of aromatic amines is 1. The van der Waals surface area contributed by atoms with E-state index in [4.69, 9.17) is 0 Å². The summed E-state index contributed by atoms with van der Waals surface area (Å²) < 4.78 is 0. The largest absolute Gasteiger partial charge is 0.351 e. The lowest BCUT2D eigenvalue weighted by molar-refractivity contribution is -0.109. The number of hydrogen-bond acceptors (Lipinski definition) is 2. The van der Waals surface area contributed by atoms with Crippen LogP contribution in [-0.2, 0) is 11.3 Å². The van der Waals surface area contributed by atoms with Gasteiger partial charge in [-0.1, -0.05) is 0 Å². The van der Waals surface area contributed by atoms with Crippen molar-refractivity contribution in [1.29, 1.82) is 0 Å². The third kappa shape index (κ3) is 1.58. The number of imidazole rings is 1. The lowest BCUT2D eigenvalue weighted by atomic mass is 10.6. The Bertz CT molecular complexity index is 219. The van der Waals surface area contributed by atoms with Gasteiger partial charge in [-0.2, -0.15) is 0 Å². The minimum Gasteiger partial charge on any atom is -0.351 e. The molecule has 0 aliphatic rings. The summed E-state index contributed by atoms with van der Waals surface area (Å²) in [6.07, 6.45) is 2.37. The van der Waals surface area contributed by atoms with Crippen molar-refractivity contribution in [3.63, 3.8) is 0 Å². The number of H-pyrrole nitrogens is 1. The van der Waals surface area contributed by atoms with E-state index in [-0.39, 0.29) is 0 Å². The normalized spacial score (nSPS) is 9.30. The fraction of sp³-hybridized carbons (Fsp3) is 0.333. The van der Waals surface area contributed by atoms with E-state index in [2.05, 4.69) is 15.3 Å². The predicted octanol–water partition coefficient (Wildman–Crippen LogP) is -0.0359. The Labute approximate surface area is 58.7 Å². The summed E-state index contributed by atoms with van der Waals surface area (Å²) in [4.78, 5) is 16.8. The summed E-state index contributed by atoms with van der Waals surface area (Å²) in [6, 6.07) is 0. The van der Waals surface area contributed by atoms with Crippen LogP contribution in [0.3, 0.4) is 0 Å². The molecule has 4 heteroatoms. The van der Waals surface area contributed by atoms with E-state index >= 15 is 0 Å². The van der Waals surface area contributed by atoms with Crippen LogP contribution in [0.1, 0.15) is 11.5 Å². The number of rotatable bonds is 3. The maximum Gasteiger partial charge on any atom is 0.207 e. The van der Waals surface area contributed by atoms with Gasteiger partial charge in [-0.25, -0.2) is 4.98 Å². The number of nitrogens with zero attached hydrogens (tertiary/aromatic N) is 1. The second-order valence-electron chi connectivity index (χ2n) is 2.01. The van der Waals surface area contributed by atoms with Gasteiger partial charge >= 0.3 is 0 Å². The van der Waals surface area contributed by atoms with Crippen molar-refractivity contribution in [3.8, 4) is 0 Å². The van der Waals surface area contributed by atoms with Crippen molar-refractivity contribution < 1.29 is 4.79 Å². The molecule has 0 radical (unpaired) electrons. The summed E-state index contributed by atoms with van der Waals surface area (Å²) >= 11 is 0. The first-order valence-corrected chi connectivity index (χ1v) is 3.00. The van der Waals surface area contributed by atoms with Crippen molar-refractivity contribution in [1.82, 2.24) is 15.3 Å². The summed E-state index contributed by atoms with van der Waals surface area (Å²) in [5, 5.41) is 2.50. The number of carbonyl (C=O) groups is 1. The minimum absolute atomic E-state index is 0.470. The zero-order valence-electron chi connectivity index (χ0n) is 5.72. The van der Waals surface area contributed by atoms with E-state index in [1.54, 1.807) is 6.20 Å². The molecule has 1 amide bonds. The molecule has 0 bridgehead atoms. The number of carbonyl (C=O) groups excluding carboxylic acids is 1. The van der Waals surface area contributed by atoms with Gasteiger partial charge in [0.2, 0.25) is 6.41 Å². The Hall–Kier alpha value is -1.32. The average molecular weight is 139 g/mol. The van der Waals surface area contributed by atoms with Gasteiger partial charge in [0.15, 0.2) is 0 Å². The van der Waals surface area contributed by atoms with Crippen LogP contribution in [0.5, 0.6) is 0 Å². The molecule has 0 spiro atoms. The molecule has 1 aromatic heterocycles. The van der Waals surface area contributed by atoms with Crippen LogP contribution in [0, 0.1) is 6.92 Å². The molecule has 1 heterocycles. The lowest BCUT2D eigenvalue weighted by Crippen LogP contribution is -2.10. The molecule has 1 aromatic rings. The second kappa shape index (κ2) is 3.00. The Morgan fingerprint density at radius 1 is 1.90 bits per heavy atom. The summed E-state index contributed by atoms with van der Waals surface area (Å²) in [5.41, 5.74) is 1.00. The smallest absolute Gasteiger partial charge is 0.207 e. The molecule has 1 rings (SSSR count). The van der Waals surface area contributed by atoms with Gasteiger partial charge in [0, 0.05) is 11.9 Å². The van der Waals surface area contributed by atoms with E-state index in [9.17, 15) is 4.79 Å². The summed E-state index contributed by atoms with van der Waals surface area (Å²) in [6.45, 7) is 2.38. The van der Waals surface area contributed by atoms with Crippen molar-refractivity contribution in [2.45, 2.75) is 13.5 Å². The maximum absolute atomic E-state index is 9.83. The number of aryl methyl sites for hydroxylation is 1. The minimum atomic E-state index is 0.470. The Morgan fingerprint density at radius 2 is 2.70 bits per heavy atom. The van der Waals surface area contributed by atoms with Crippen LogP contribution >= 0.6 is 0 Å². The molecule has 0 atom stereocenters. The SMILES string of the molecule is Cc1cnc(CNC=O)[nH]1. The zero-order valence-corrected chi connectivity index (χ0v) is 5.72. The quantitative estimate of drug-likeness (QED) is 0.577. The second-order valence-corrected chi connectivity index (χ2v) is 2.01. The van der Waals surface area contributed by atoms with Gasteiger partial charge in [-0.15, -0.1) is 0 Å².